The van der Waals surface area contributed by atoms with Crippen LogP contribution in [0.15, 0.2) is 12.5 Å². The first kappa shape index (κ1) is 12.2. The van der Waals surface area contributed by atoms with E-state index in [1.165, 1.54) is 17.2 Å². The number of nitrogens with two attached hydrogens (primary N) is 1. The molecule has 19 heavy (non-hydrogen) atoms. The lowest BCUT2D eigenvalue weighted by atomic mass is 10.1. The van der Waals surface area contributed by atoms with Crippen LogP contribution in [0.1, 0.15) is 6.23 Å². The molecule has 3 rings (SSSR count). The molecular formula is C10H13N5O4. The monoisotopic (exact) mass is 267 g/mol. The fraction of sp³-hybridized carbons (Fsp3) is 0.500. The average Bonchev–Trinajstić information content (AvgIpc) is 2.94. The molecule has 1 aliphatic rings. The van der Waals surface area contributed by atoms with Crippen molar-refractivity contribution in [3.8, 4) is 0 Å². The highest BCUT2D eigenvalue weighted by molar-refractivity contribution is 5.84. The highest BCUT2D eigenvalue weighted by atomic mass is 16.6. The molecule has 0 aliphatic carbocycles. The highest BCUT2D eigenvalue weighted by Crippen LogP contribution is 2.31. The summed E-state index contributed by atoms with van der Waals surface area (Å²) in [6.07, 6.45) is -1.46. The standard InChI is InChI=1S/C10H13N5O4/c11-8-4-1-14-15(9(4)13-3-12-8)10-7(18)6(17)5(2-16)19-10/h1,3,5-7,10,16-18H,2H2,(H2,11,12,13)/t5-,6?,7?,10-/m0/s1. The fourth-order valence-corrected chi connectivity index (χ4v) is 2.15. The maximum atomic E-state index is 9.94. The molecular weight excluding hydrogens is 254 g/mol. The first-order valence-corrected chi connectivity index (χ1v) is 5.69. The Labute approximate surface area is 107 Å². The molecule has 0 bridgehead atoms. The molecule has 3 heterocycles. The molecule has 0 spiro atoms. The number of anilines is 1. The SMILES string of the molecule is Nc1ncnc2c1cnn2[C@H]1O[C@@H](CO)C(O)C1O. The summed E-state index contributed by atoms with van der Waals surface area (Å²) >= 11 is 0. The topological polar surface area (TPSA) is 140 Å². The molecule has 2 unspecified atom stereocenters. The van der Waals surface area contributed by atoms with Crippen LogP contribution in [0.2, 0.25) is 0 Å². The van der Waals surface area contributed by atoms with Gasteiger partial charge < -0.3 is 25.8 Å². The molecule has 0 aromatic carbocycles. The number of hydrogen-bond acceptors (Lipinski definition) is 8. The molecule has 4 atom stereocenters. The van der Waals surface area contributed by atoms with Crippen molar-refractivity contribution in [3.63, 3.8) is 0 Å². The molecule has 0 radical (unpaired) electrons. The maximum absolute atomic E-state index is 9.94. The van der Waals surface area contributed by atoms with Crippen LogP contribution in [0.3, 0.4) is 0 Å². The Morgan fingerprint density at radius 2 is 2.11 bits per heavy atom. The van der Waals surface area contributed by atoms with Gasteiger partial charge in [-0.1, -0.05) is 0 Å². The summed E-state index contributed by atoms with van der Waals surface area (Å²) in [6.45, 7) is -0.398. The van der Waals surface area contributed by atoms with Gasteiger partial charge in [-0.2, -0.15) is 5.10 Å². The van der Waals surface area contributed by atoms with Crippen molar-refractivity contribution in [2.24, 2.45) is 0 Å². The van der Waals surface area contributed by atoms with Gasteiger partial charge in [-0.05, 0) is 0 Å². The van der Waals surface area contributed by atoms with Crippen molar-refractivity contribution in [1.82, 2.24) is 19.7 Å². The summed E-state index contributed by atoms with van der Waals surface area (Å²) in [5, 5.41) is 33.3. The van der Waals surface area contributed by atoms with Crippen molar-refractivity contribution in [2.75, 3.05) is 12.3 Å². The number of aliphatic hydroxyl groups is 3. The number of nitrogen functional groups attached to an aromatic ring is 1. The van der Waals surface area contributed by atoms with E-state index in [-0.39, 0.29) is 5.82 Å². The number of aliphatic hydroxyl groups excluding tert-OH is 3. The predicted molar refractivity (Wildman–Crippen MR) is 62.7 cm³/mol. The van der Waals surface area contributed by atoms with E-state index in [1.54, 1.807) is 0 Å². The lowest BCUT2D eigenvalue weighted by Gasteiger charge is -2.15. The molecule has 1 aliphatic heterocycles. The Hall–Kier alpha value is -1.81. The van der Waals surface area contributed by atoms with E-state index < -0.39 is 31.1 Å². The van der Waals surface area contributed by atoms with Crippen molar-refractivity contribution >= 4 is 16.9 Å². The first-order valence-electron chi connectivity index (χ1n) is 5.69. The van der Waals surface area contributed by atoms with E-state index in [9.17, 15) is 10.2 Å². The van der Waals surface area contributed by atoms with Crippen LogP contribution >= 0.6 is 0 Å². The Kier molecular flexibility index (Phi) is 2.82. The molecule has 1 saturated heterocycles. The summed E-state index contributed by atoms with van der Waals surface area (Å²) in [5.74, 6) is 0.267. The minimum atomic E-state index is -1.21. The van der Waals surface area contributed by atoms with Gasteiger partial charge in [0.15, 0.2) is 11.9 Å². The summed E-state index contributed by atoms with van der Waals surface area (Å²) in [4.78, 5) is 7.86. The smallest absolute Gasteiger partial charge is 0.181 e. The molecule has 9 heteroatoms. The number of nitrogens with zero attached hydrogens (tertiary/aromatic N) is 4. The minimum Gasteiger partial charge on any atom is -0.394 e. The Morgan fingerprint density at radius 1 is 1.32 bits per heavy atom. The van der Waals surface area contributed by atoms with Crippen LogP contribution in [0.5, 0.6) is 0 Å². The van der Waals surface area contributed by atoms with E-state index in [0.29, 0.717) is 11.0 Å². The lowest BCUT2D eigenvalue weighted by Crippen LogP contribution is -2.33. The zero-order valence-electron chi connectivity index (χ0n) is 9.79. The second-order valence-corrected chi connectivity index (χ2v) is 4.31. The fourth-order valence-electron chi connectivity index (χ4n) is 2.15. The van der Waals surface area contributed by atoms with Gasteiger partial charge in [-0.25, -0.2) is 14.6 Å². The third-order valence-electron chi connectivity index (χ3n) is 3.18. The third kappa shape index (κ3) is 1.75. The Bertz CT molecular complexity index is 603. The Balaban J connectivity index is 2.04. The van der Waals surface area contributed by atoms with E-state index in [4.69, 9.17) is 15.6 Å². The van der Waals surface area contributed by atoms with Gasteiger partial charge in [-0.15, -0.1) is 0 Å². The van der Waals surface area contributed by atoms with Gasteiger partial charge in [0.05, 0.1) is 18.2 Å². The largest absolute Gasteiger partial charge is 0.394 e. The van der Waals surface area contributed by atoms with Crippen molar-refractivity contribution in [2.45, 2.75) is 24.5 Å². The molecule has 1 fully saturated rings. The molecule has 9 nitrogen and oxygen atoms in total. The van der Waals surface area contributed by atoms with Crippen molar-refractivity contribution in [1.29, 1.82) is 0 Å². The number of aromatic nitrogens is 4. The van der Waals surface area contributed by atoms with Gasteiger partial charge in [-0.3, -0.25) is 0 Å². The van der Waals surface area contributed by atoms with Crippen LogP contribution < -0.4 is 5.73 Å². The van der Waals surface area contributed by atoms with Crippen molar-refractivity contribution < 1.29 is 20.1 Å². The van der Waals surface area contributed by atoms with Crippen LogP contribution in [0.4, 0.5) is 5.82 Å². The summed E-state index contributed by atoms with van der Waals surface area (Å²) in [7, 11) is 0. The Morgan fingerprint density at radius 3 is 2.79 bits per heavy atom. The van der Waals surface area contributed by atoms with Gasteiger partial charge in [0.1, 0.15) is 30.5 Å². The predicted octanol–water partition coefficient (Wildman–Crippen LogP) is -1.98. The first-order chi connectivity index (χ1) is 9.13. The number of fused-ring (bicyclic) bond motifs is 1. The minimum absolute atomic E-state index is 0.267. The number of hydrogen-bond donors (Lipinski definition) is 4. The maximum Gasteiger partial charge on any atom is 0.181 e. The van der Waals surface area contributed by atoms with E-state index >= 15 is 0 Å². The van der Waals surface area contributed by atoms with Crippen LogP contribution in [0.25, 0.3) is 11.0 Å². The quantitative estimate of drug-likeness (QED) is 0.491. The molecule has 0 saturated carbocycles. The summed E-state index contributed by atoms with van der Waals surface area (Å²) < 4.78 is 6.69. The van der Waals surface area contributed by atoms with Gasteiger partial charge in [0.25, 0.3) is 0 Å². The number of ether oxygens (including phenoxy) is 1. The van der Waals surface area contributed by atoms with Crippen LogP contribution in [-0.4, -0.2) is 60.0 Å². The molecule has 2 aromatic heterocycles. The summed E-state index contributed by atoms with van der Waals surface area (Å²) in [6, 6.07) is 0. The van der Waals surface area contributed by atoms with E-state index in [2.05, 4.69) is 15.1 Å². The lowest BCUT2D eigenvalue weighted by molar-refractivity contribution is -0.0566. The molecule has 0 amide bonds. The number of rotatable bonds is 2. The average molecular weight is 267 g/mol. The summed E-state index contributed by atoms with van der Waals surface area (Å²) in [5.41, 5.74) is 6.08. The molecule has 102 valence electrons. The normalized spacial score (nSPS) is 31.1. The zero-order valence-corrected chi connectivity index (χ0v) is 9.79. The second kappa shape index (κ2) is 4.38. The second-order valence-electron chi connectivity index (χ2n) is 4.31. The van der Waals surface area contributed by atoms with E-state index in [1.807, 2.05) is 0 Å². The van der Waals surface area contributed by atoms with Crippen LogP contribution in [0, 0.1) is 0 Å². The van der Waals surface area contributed by atoms with Gasteiger partial charge >= 0.3 is 0 Å². The third-order valence-corrected chi connectivity index (χ3v) is 3.18. The molecule has 5 N–H and O–H groups in total. The van der Waals surface area contributed by atoms with Gasteiger partial charge in [0, 0.05) is 0 Å². The van der Waals surface area contributed by atoms with E-state index in [0.717, 1.165) is 0 Å². The van der Waals surface area contributed by atoms with Gasteiger partial charge in [0.2, 0.25) is 0 Å². The van der Waals surface area contributed by atoms with Crippen molar-refractivity contribution in [3.05, 3.63) is 12.5 Å². The zero-order chi connectivity index (χ0) is 13.6. The highest BCUT2D eigenvalue weighted by Gasteiger charge is 2.44. The van der Waals surface area contributed by atoms with Crippen LogP contribution in [-0.2, 0) is 4.74 Å². The molecule has 2 aromatic rings.